The number of aromatic hydroxyl groups is 1. The normalized spacial score (nSPS) is 21.9. The molecule has 0 aromatic heterocycles. The third-order valence-electron chi connectivity index (χ3n) is 6.00. The van der Waals surface area contributed by atoms with Crippen molar-refractivity contribution < 1.29 is 29.4 Å². The predicted octanol–water partition coefficient (Wildman–Crippen LogP) is -0.338. The first-order valence-corrected chi connectivity index (χ1v) is 11.7. The van der Waals surface area contributed by atoms with E-state index in [0.717, 1.165) is 18.5 Å². The number of hydrogen-bond donors (Lipinski definition) is 6. The summed E-state index contributed by atoms with van der Waals surface area (Å²) < 4.78 is 0. The van der Waals surface area contributed by atoms with E-state index in [4.69, 9.17) is 0 Å². The van der Waals surface area contributed by atoms with Crippen molar-refractivity contribution in [3.05, 3.63) is 29.8 Å². The molecule has 0 saturated carbocycles. The van der Waals surface area contributed by atoms with Crippen molar-refractivity contribution in [3.8, 4) is 5.75 Å². The standard InChI is InChI=1S/C22H30N4O6S/c27-14-7-5-13(6-8-14)11-16(24-19(28)15-3-1-9-23-15)21(30)26-10-2-4-18(26)20(29)25-17(12-33)22(31)32/h5-8,15-18,23,27,33H,1-4,9-12H2,(H,24,28)(H,25,29)(H,31,32). The fourth-order valence-electron chi connectivity index (χ4n) is 4.21. The number of carboxylic acid groups (broad SMARTS) is 1. The lowest BCUT2D eigenvalue weighted by Gasteiger charge is -2.30. The number of phenols is 1. The molecule has 2 saturated heterocycles. The Kier molecular flexibility index (Phi) is 8.56. The molecule has 1 aromatic carbocycles. The maximum atomic E-state index is 13.5. The molecule has 3 rings (SSSR count). The zero-order chi connectivity index (χ0) is 24.0. The first-order chi connectivity index (χ1) is 15.8. The Labute approximate surface area is 197 Å². The summed E-state index contributed by atoms with van der Waals surface area (Å²) in [7, 11) is 0. The molecule has 0 radical (unpaired) electrons. The number of nitrogens with zero attached hydrogens (tertiary/aromatic N) is 1. The van der Waals surface area contributed by atoms with Crippen LogP contribution in [0, 0.1) is 0 Å². The van der Waals surface area contributed by atoms with E-state index < -0.39 is 35.9 Å². The summed E-state index contributed by atoms with van der Waals surface area (Å²) in [6.45, 7) is 1.07. The van der Waals surface area contributed by atoms with Crippen LogP contribution in [0.3, 0.4) is 0 Å². The predicted molar refractivity (Wildman–Crippen MR) is 123 cm³/mol. The van der Waals surface area contributed by atoms with Gasteiger partial charge >= 0.3 is 5.97 Å². The summed E-state index contributed by atoms with van der Waals surface area (Å²) in [5.74, 6) is -2.40. The summed E-state index contributed by atoms with van der Waals surface area (Å²) >= 11 is 3.96. The van der Waals surface area contributed by atoms with E-state index in [1.807, 2.05) is 0 Å². The second-order valence-electron chi connectivity index (χ2n) is 8.35. The number of nitrogens with one attached hydrogen (secondary N) is 3. The second-order valence-corrected chi connectivity index (χ2v) is 8.72. The van der Waals surface area contributed by atoms with Crippen molar-refractivity contribution in [1.29, 1.82) is 0 Å². The van der Waals surface area contributed by atoms with E-state index in [9.17, 15) is 29.4 Å². The minimum absolute atomic E-state index is 0.0737. The molecule has 3 amide bonds. The number of carbonyl (C=O) groups excluding carboxylic acids is 3. The number of amides is 3. The van der Waals surface area contributed by atoms with Crippen LogP contribution >= 0.6 is 12.6 Å². The Balaban J connectivity index is 1.76. The van der Waals surface area contributed by atoms with Gasteiger partial charge in [0.15, 0.2) is 0 Å². The smallest absolute Gasteiger partial charge is 0.327 e. The van der Waals surface area contributed by atoms with Gasteiger partial charge in [0.05, 0.1) is 6.04 Å². The van der Waals surface area contributed by atoms with Crippen LogP contribution in [0.15, 0.2) is 24.3 Å². The van der Waals surface area contributed by atoms with Gasteiger partial charge in [-0.25, -0.2) is 4.79 Å². The Bertz CT molecular complexity index is 874. The zero-order valence-electron chi connectivity index (χ0n) is 18.2. The van der Waals surface area contributed by atoms with Crippen molar-refractivity contribution >= 4 is 36.3 Å². The lowest BCUT2D eigenvalue weighted by Crippen LogP contribution is -2.57. The molecule has 180 valence electrons. The first-order valence-electron chi connectivity index (χ1n) is 11.1. The van der Waals surface area contributed by atoms with Crippen LogP contribution < -0.4 is 16.0 Å². The largest absolute Gasteiger partial charge is 0.508 e. The van der Waals surface area contributed by atoms with E-state index in [2.05, 4.69) is 28.6 Å². The van der Waals surface area contributed by atoms with Gasteiger partial charge in [0.1, 0.15) is 23.9 Å². The second kappa shape index (κ2) is 11.4. The van der Waals surface area contributed by atoms with Gasteiger partial charge in [-0.15, -0.1) is 0 Å². The van der Waals surface area contributed by atoms with E-state index in [1.54, 1.807) is 12.1 Å². The van der Waals surface area contributed by atoms with E-state index in [-0.39, 0.29) is 29.9 Å². The molecule has 2 fully saturated rings. The summed E-state index contributed by atoms with van der Waals surface area (Å²) in [6.07, 6.45) is 2.74. The van der Waals surface area contributed by atoms with Gasteiger partial charge < -0.3 is 31.1 Å². The molecule has 2 heterocycles. The van der Waals surface area contributed by atoms with E-state index in [1.165, 1.54) is 17.0 Å². The van der Waals surface area contributed by atoms with Crippen LogP contribution in [0.1, 0.15) is 31.2 Å². The van der Waals surface area contributed by atoms with E-state index in [0.29, 0.717) is 25.8 Å². The van der Waals surface area contributed by atoms with Gasteiger partial charge in [0.2, 0.25) is 17.7 Å². The molecule has 1 aromatic rings. The minimum Gasteiger partial charge on any atom is -0.508 e. The van der Waals surface area contributed by atoms with Gasteiger partial charge in [0, 0.05) is 18.7 Å². The summed E-state index contributed by atoms with van der Waals surface area (Å²) in [5, 5.41) is 27.1. The summed E-state index contributed by atoms with van der Waals surface area (Å²) in [5.41, 5.74) is 0.743. The van der Waals surface area contributed by atoms with Gasteiger partial charge in [0.25, 0.3) is 0 Å². The molecule has 10 nitrogen and oxygen atoms in total. The number of carboxylic acids is 1. The van der Waals surface area contributed by atoms with Crippen LogP contribution in [0.5, 0.6) is 5.75 Å². The number of thiol groups is 1. The highest BCUT2D eigenvalue weighted by Crippen LogP contribution is 2.21. The Morgan fingerprint density at radius 2 is 1.76 bits per heavy atom. The molecule has 4 atom stereocenters. The van der Waals surface area contributed by atoms with Crippen molar-refractivity contribution in [2.24, 2.45) is 0 Å². The number of rotatable bonds is 9. The maximum Gasteiger partial charge on any atom is 0.327 e. The van der Waals surface area contributed by atoms with Gasteiger partial charge in [-0.05, 0) is 49.9 Å². The number of phenolic OH excluding ortho intramolecular Hbond substituents is 1. The van der Waals surface area contributed by atoms with Crippen LogP contribution in [0.25, 0.3) is 0 Å². The molecule has 4 unspecified atom stereocenters. The van der Waals surface area contributed by atoms with Crippen LogP contribution in [0.2, 0.25) is 0 Å². The average molecular weight is 479 g/mol. The van der Waals surface area contributed by atoms with Gasteiger partial charge in [-0.2, -0.15) is 12.6 Å². The molecular weight excluding hydrogens is 448 g/mol. The van der Waals surface area contributed by atoms with Crippen molar-refractivity contribution in [1.82, 2.24) is 20.9 Å². The first kappa shape index (κ1) is 24.8. The summed E-state index contributed by atoms with van der Waals surface area (Å²) in [6, 6.07) is 3.12. The number of hydrogen-bond acceptors (Lipinski definition) is 7. The highest BCUT2D eigenvalue weighted by atomic mass is 32.1. The summed E-state index contributed by atoms with van der Waals surface area (Å²) in [4.78, 5) is 51.7. The lowest BCUT2D eigenvalue weighted by atomic mass is 10.0. The Hall–Kier alpha value is -2.79. The quantitative estimate of drug-likeness (QED) is 0.266. The van der Waals surface area contributed by atoms with Crippen molar-refractivity contribution in [3.63, 3.8) is 0 Å². The zero-order valence-corrected chi connectivity index (χ0v) is 19.1. The third kappa shape index (κ3) is 6.38. The highest BCUT2D eigenvalue weighted by Gasteiger charge is 2.39. The molecule has 0 spiro atoms. The average Bonchev–Trinajstić information content (AvgIpc) is 3.50. The molecule has 2 aliphatic heterocycles. The Morgan fingerprint density at radius 1 is 1.06 bits per heavy atom. The number of carbonyl (C=O) groups is 4. The SMILES string of the molecule is O=C(O)C(CS)NC(=O)C1CCCN1C(=O)C(Cc1ccc(O)cc1)NC(=O)C1CCCN1. The maximum absolute atomic E-state index is 13.5. The third-order valence-corrected chi connectivity index (χ3v) is 6.37. The Morgan fingerprint density at radius 3 is 2.36 bits per heavy atom. The molecule has 0 aliphatic carbocycles. The van der Waals surface area contributed by atoms with Crippen molar-refractivity contribution in [2.45, 2.75) is 56.3 Å². The molecule has 0 bridgehead atoms. The monoisotopic (exact) mass is 478 g/mol. The number of aliphatic carboxylic acids is 1. The van der Waals surface area contributed by atoms with Crippen LogP contribution in [-0.4, -0.2) is 81.8 Å². The van der Waals surface area contributed by atoms with Crippen LogP contribution in [-0.2, 0) is 25.6 Å². The minimum atomic E-state index is -1.20. The fourth-order valence-corrected chi connectivity index (χ4v) is 4.45. The number of likely N-dealkylation sites (tertiary alicyclic amines) is 1. The molecule has 2 aliphatic rings. The molecule has 5 N–H and O–H groups in total. The van der Waals surface area contributed by atoms with Gasteiger partial charge in [-0.3, -0.25) is 14.4 Å². The molecule has 11 heteroatoms. The topological polar surface area (TPSA) is 148 Å². The van der Waals surface area contributed by atoms with Gasteiger partial charge in [-0.1, -0.05) is 12.1 Å². The van der Waals surface area contributed by atoms with Crippen LogP contribution in [0.4, 0.5) is 0 Å². The fraction of sp³-hybridized carbons (Fsp3) is 0.545. The van der Waals surface area contributed by atoms with Crippen molar-refractivity contribution in [2.75, 3.05) is 18.8 Å². The number of benzene rings is 1. The molecule has 33 heavy (non-hydrogen) atoms. The lowest BCUT2D eigenvalue weighted by molar-refractivity contribution is -0.144. The van der Waals surface area contributed by atoms with E-state index >= 15 is 0 Å². The highest BCUT2D eigenvalue weighted by molar-refractivity contribution is 7.80. The molecular formula is C22H30N4O6S.